The molecule has 2 rings (SSSR count). The Hall–Kier alpha value is -1.69. The third-order valence-corrected chi connectivity index (χ3v) is 5.37. The van der Waals surface area contributed by atoms with E-state index in [0.717, 1.165) is 30.8 Å². The Morgan fingerprint density at radius 1 is 1.33 bits per heavy atom. The van der Waals surface area contributed by atoms with Gasteiger partial charge in [-0.2, -0.15) is 11.8 Å². The Kier molecular flexibility index (Phi) is 6.97. The molecule has 1 unspecified atom stereocenters. The van der Waals surface area contributed by atoms with Crippen LogP contribution in [-0.2, 0) is 0 Å². The molecular weight excluding hydrogens is 322 g/mol. The van der Waals surface area contributed by atoms with Crippen molar-refractivity contribution < 1.29 is 9.59 Å². The zero-order valence-electron chi connectivity index (χ0n) is 14.7. The Labute approximate surface area is 148 Å². The number of aryl methyl sites for hydroxylation is 1. The lowest BCUT2D eigenvalue weighted by molar-refractivity contribution is 0.0955. The highest BCUT2D eigenvalue weighted by Gasteiger charge is 2.22. The summed E-state index contributed by atoms with van der Waals surface area (Å²) < 4.78 is 0. The highest BCUT2D eigenvalue weighted by molar-refractivity contribution is 7.99. The Bertz CT molecular complexity index is 592. The van der Waals surface area contributed by atoms with E-state index in [2.05, 4.69) is 16.9 Å². The van der Waals surface area contributed by atoms with Crippen LogP contribution < -0.4 is 10.6 Å². The van der Waals surface area contributed by atoms with Crippen LogP contribution in [0.15, 0.2) is 18.2 Å². The first-order valence-electron chi connectivity index (χ1n) is 8.52. The summed E-state index contributed by atoms with van der Waals surface area (Å²) in [6.07, 6.45) is 5.51. The van der Waals surface area contributed by atoms with Crippen molar-refractivity contribution in [3.05, 3.63) is 29.3 Å². The molecular formula is C18H27N3O2S. The van der Waals surface area contributed by atoms with Crippen molar-refractivity contribution >= 4 is 29.4 Å². The lowest BCUT2D eigenvalue weighted by Crippen LogP contribution is -2.38. The van der Waals surface area contributed by atoms with Crippen LogP contribution in [0.3, 0.4) is 0 Å². The highest BCUT2D eigenvalue weighted by atomic mass is 32.2. The summed E-state index contributed by atoms with van der Waals surface area (Å²) in [5.41, 5.74) is 2.27. The number of carbonyl (C=O) groups is 2. The lowest BCUT2D eigenvalue weighted by atomic mass is 10.1. The van der Waals surface area contributed by atoms with Gasteiger partial charge in [-0.05, 0) is 56.7 Å². The molecule has 132 valence electrons. The quantitative estimate of drug-likeness (QED) is 0.875. The molecule has 1 aromatic rings. The number of carbonyl (C=O) groups excluding carboxylic acids is 2. The van der Waals surface area contributed by atoms with E-state index in [4.69, 9.17) is 0 Å². The van der Waals surface area contributed by atoms with Gasteiger partial charge in [-0.15, -0.1) is 0 Å². The number of urea groups is 1. The minimum atomic E-state index is -0.0891. The molecule has 1 saturated heterocycles. The predicted molar refractivity (Wildman–Crippen MR) is 101 cm³/mol. The van der Waals surface area contributed by atoms with Crippen LogP contribution in [0.2, 0.25) is 0 Å². The molecule has 5 nitrogen and oxygen atoms in total. The fraction of sp³-hybridized carbons (Fsp3) is 0.556. The maximum atomic E-state index is 12.6. The van der Waals surface area contributed by atoms with Gasteiger partial charge in [0.1, 0.15) is 0 Å². The molecule has 0 radical (unpaired) electrons. The maximum absolute atomic E-state index is 12.6. The zero-order valence-corrected chi connectivity index (χ0v) is 15.5. The highest BCUT2D eigenvalue weighted by Crippen LogP contribution is 2.22. The summed E-state index contributed by atoms with van der Waals surface area (Å²) in [5.74, 6) is -0.0891. The minimum absolute atomic E-state index is 0.0511. The number of amides is 3. The van der Waals surface area contributed by atoms with Gasteiger partial charge in [0.2, 0.25) is 0 Å². The molecule has 1 atom stereocenters. The minimum Gasteiger partial charge on any atom is -0.352 e. The molecule has 1 heterocycles. The third kappa shape index (κ3) is 4.90. The van der Waals surface area contributed by atoms with Gasteiger partial charge in [0.25, 0.3) is 5.91 Å². The average Bonchev–Trinajstić information content (AvgIpc) is 2.82. The summed E-state index contributed by atoms with van der Waals surface area (Å²) in [6.45, 7) is 6.00. The standard InChI is InChI=1S/C18H27N3O2S/c1-4-19-17(22)14-8-9-16(13(2)11-14)20-18(23)21-10-6-5-7-15(12-21)24-3/h8-9,11,15H,4-7,10,12H2,1-3H3,(H,19,22)(H,20,23). The van der Waals surface area contributed by atoms with E-state index in [-0.39, 0.29) is 11.9 Å². The van der Waals surface area contributed by atoms with Gasteiger partial charge < -0.3 is 15.5 Å². The van der Waals surface area contributed by atoms with Crippen molar-refractivity contribution in [1.82, 2.24) is 10.2 Å². The number of nitrogens with zero attached hydrogens (tertiary/aromatic N) is 1. The van der Waals surface area contributed by atoms with Crippen LogP contribution in [0.25, 0.3) is 0 Å². The Morgan fingerprint density at radius 2 is 2.12 bits per heavy atom. The number of thioether (sulfide) groups is 1. The number of hydrogen-bond acceptors (Lipinski definition) is 3. The second-order valence-corrected chi connectivity index (χ2v) is 7.26. The second-order valence-electron chi connectivity index (χ2n) is 6.12. The summed E-state index contributed by atoms with van der Waals surface area (Å²) in [6, 6.07) is 5.32. The summed E-state index contributed by atoms with van der Waals surface area (Å²) in [4.78, 5) is 26.4. The van der Waals surface area contributed by atoms with Gasteiger partial charge in [-0.25, -0.2) is 4.79 Å². The van der Waals surface area contributed by atoms with Gasteiger partial charge in [-0.3, -0.25) is 4.79 Å². The van der Waals surface area contributed by atoms with Crippen molar-refractivity contribution in [1.29, 1.82) is 0 Å². The fourth-order valence-electron chi connectivity index (χ4n) is 2.88. The number of hydrogen-bond donors (Lipinski definition) is 2. The number of nitrogens with one attached hydrogen (secondary N) is 2. The van der Waals surface area contributed by atoms with Crippen LogP contribution in [0.4, 0.5) is 10.5 Å². The molecule has 0 saturated carbocycles. The summed E-state index contributed by atoms with van der Waals surface area (Å²) in [7, 11) is 0. The third-order valence-electron chi connectivity index (χ3n) is 4.32. The molecule has 1 aromatic carbocycles. The molecule has 0 bridgehead atoms. The molecule has 2 N–H and O–H groups in total. The van der Waals surface area contributed by atoms with Gasteiger partial charge >= 0.3 is 6.03 Å². The number of anilines is 1. The number of likely N-dealkylation sites (tertiary alicyclic amines) is 1. The van der Waals surface area contributed by atoms with E-state index in [1.165, 1.54) is 12.8 Å². The Morgan fingerprint density at radius 3 is 2.79 bits per heavy atom. The topological polar surface area (TPSA) is 61.4 Å². The van der Waals surface area contributed by atoms with Crippen molar-refractivity contribution in [3.63, 3.8) is 0 Å². The van der Waals surface area contributed by atoms with E-state index in [0.29, 0.717) is 17.4 Å². The first kappa shape index (κ1) is 18.6. The van der Waals surface area contributed by atoms with Crippen LogP contribution in [-0.4, -0.2) is 48.0 Å². The van der Waals surface area contributed by atoms with E-state index >= 15 is 0 Å². The zero-order chi connectivity index (χ0) is 17.5. The van der Waals surface area contributed by atoms with Crippen LogP contribution in [0.1, 0.15) is 42.1 Å². The van der Waals surface area contributed by atoms with E-state index in [9.17, 15) is 9.59 Å². The van der Waals surface area contributed by atoms with Gasteiger partial charge in [0.15, 0.2) is 0 Å². The molecule has 6 heteroatoms. The van der Waals surface area contributed by atoms with Crippen LogP contribution >= 0.6 is 11.8 Å². The second kappa shape index (κ2) is 8.97. The molecule has 1 aliphatic rings. The normalized spacial score (nSPS) is 18.0. The largest absolute Gasteiger partial charge is 0.352 e. The van der Waals surface area contributed by atoms with E-state index in [1.807, 2.05) is 42.6 Å². The van der Waals surface area contributed by atoms with Crippen molar-refractivity contribution in [2.24, 2.45) is 0 Å². The van der Waals surface area contributed by atoms with Crippen molar-refractivity contribution in [2.75, 3.05) is 31.2 Å². The SMILES string of the molecule is CCNC(=O)c1ccc(NC(=O)N2CCCCC(SC)C2)c(C)c1. The van der Waals surface area contributed by atoms with Crippen molar-refractivity contribution in [2.45, 2.75) is 38.4 Å². The van der Waals surface area contributed by atoms with Gasteiger partial charge in [0, 0.05) is 36.1 Å². The van der Waals surface area contributed by atoms with E-state index in [1.54, 1.807) is 6.07 Å². The number of rotatable bonds is 4. The monoisotopic (exact) mass is 349 g/mol. The molecule has 1 fully saturated rings. The van der Waals surface area contributed by atoms with Crippen molar-refractivity contribution in [3.8, 4) is 0 Å². The van der Waals surface area contributed by atoms with Crippen LogP contribution in [0.5, 0.6) is 0 Å². The average molecular weight is 350 g/mol. The lowest BCUT2D eigenvalue weighted by Gasteiger charge is -2.24. The Balaban J connectivity index is 2.04. The van der Waals surface area contributed by atoms with Gasteiger partial charge in [-0.1, -0.05) is 6.42 Å². The maximum Gasteiger partial charge on any atom is 0.321 e. The molecule has 1 aliphatic heterocycles. The predicted octanol–water partition coefficient (Wildman–Crippen LogP) is 3.49. The molecule has 0 aromatic heterocycles. The first-order valence-corrected chi connectivity index (χ1v) is 9.81. The smallest absolute Gasteiger partial charge is 0.321 e. The molecule has 3 amide bonds. The van der Waals surface area contributed by atoms with E-state index < -0.39 is 0 Å². The summed E-state index contributed by atoms with van der Waals surface area (Å²) in [5, 5.41) is 6.29. The molecule has 24 heavy (non-hydrogen) atoms. The number of benzene rings is 1. The summed E-state index contributed by atoms with van der Waals surface area (Å²) >= 11 is 1.83. The van der Waals surface area contributed by atoms with Crippen LogP contribution in [0, 0.1) is 6.92 Å². The molecule has 0 aliphatic carbocycles. The fourth-order valence-corrected chi connectivity index (χ4v) is 3.61. The molecule has 0 spiro atoms. The van der Waals surface area contributed by atoms with Gasteiger partial charge in [0.05, 0.1) is 0 Å². The first-order chi connectivity index (χ1) is 11.5.